The fourth-order valence-corrected chi connectivity index (χ4v) is 3.97. The number of aromatic nitrogens is 3. The van der Waals surface area contributed by atoms with Crippen LogP contribution in [0.3, 0.4) is 0 Å². The lowest BCUT2D eigenvalue weighted by Gasteiger charge is -2.09. The molecule has 0 aliphatic carbocycles. The molecule has 1 aromatic heterocycles. The fourth-order valence-electron chi connectivity index (χ4n) is 2.50. The average Bonchev–Trinajstić information content (AvgIpc) is 3.08. The molecular formula is C18H15Cl2N5O3S. The molecule has 0 spiro atoms. The van der Waals surface area contributed by atoms with Crippen molar-refractivity contribution in [3.05, 3.63) is 73.8 Å². The summed E-state index contributed by atoms with van der Waals surface area (Å²) >= 11 is 13.4. The maximum absolute atomic E-state index is 12.5. The predicted molar refractivity (Wildman–Crippen MR) is 113 cm³/mol. The highest BCUT2D eigenvalue weighted by Gasteiger charge is 2.19. The average molecular weight is 452 g/mol. The Morgan fingerprint density at radius 3 is 2.66 bits per heavy atom. The molecule has 0 saturated heterocycles. The van der Waals surface area contributed by atoms with Crippen LogP contribution in [-0.4, -0.2) is 25.6 Å². The summed E-state index contributed by atoms with van der Waals surface area (Å²) in [7, 11) is 0. The topological polar surface area (TPSA) is 103 Å². The zero-order chi connectivity index (χ0) is 21.0. The molecule has 2 aromatic carbocycles. The van der Waals surface area contributed by atoms with Gasteiger partial charge in [0, 0.05) is 29.0 Å². The summed E-state index contributed by atoms with van der Waals surface area (Å²) in [5, 5.41) is 23.1. The molecule has 1 amide bonds. The second kappa shape index (κ2) is 9.25. The molecule has 0 bridgehead atoms. The van der Waals surface area contributed by atoms with Crippen LogP contribution >= 0.6 is 35.0 Å². The summed E-state index contributed by atoms with van der Waals surface area (Å²) in [4.78, 5) is 22.9. The minimum absolute atomic E-state index is 0.0402. The van der Waals surface area contributed by atoms with Crippen molar-refractivity contribution < 1.29 is 9.72 Å². The van der Waals surface area contributed by atoms with E-state index in [-0.39, 0.29) is 22.2 Å². The molecule has 3 aromatic rings. The molecule has 0 fully saturated rings. The molecule has 3 rings (SSSR count). The van der Waals surface area contributed by atoms with Gasteiger partial charge in [0.1, 0.15) is 5.02 Å². The number of halogens is 2. The largest absolute Gasteiger partial charge is 0.290 e. The quantitative estimate of drug-likeness (QED) is 0.306. The van der Waals surface area contributed by atoms with Crippen molar-refractivity contribution in [2.24, 2.45) is 0 Å². The van der Waals surface area contributed by atoms with Crippen molar-refractivity contribution in [2.45, 2.75) is 24.4 Å². The van der Waals surface area contributed by atoms with Gasteiger partial charge in [0.2, 0.25) is 5.95 Å². The smallest absolute Gasteiger partial charge is 0.288 e. The number of anilines is 1. The highest BCUT2D eigenvalue weighted by atomic mass is 35.5. The molecular weight excluding hydrogens is 437 g/mol. The van der Waals surface area contributed by atoms with Crippen LogP contribution < -0.4 is 5.32 Å². The van der Waals surface area contributed by atoms with Crippen molar-refractivity contribution in [3.8, 4) is 0 Å². The predicted octanol–water partition coefficient (Wildman–Crippen LogP) is 5.06. The van der Waals surface area contributed by atoms with Gasteiger partial charge in [-0.3, -0.25) is 24.8 Å². The van der Waals surface area contributed by atoms with E-state index in [9.17, 15) is 14.9 Å². The Bertz CT molecular complexity index is 1070. The summed E-state index contributed by atoms with van der Waals surface area (Å²) in [5.41, 5.74) is 0.716. The van der Waals surface area contributed by atoms with E-state index >= 15 is 0 Å². The zero-order valence-electron chi connectivity index (χ0n) is 15.1. The van der Waals surface area contributed by atoms with Crippen LogP contribution in [-0.2, 0) is 12.3 Å². The molecule has 11 heteroatoms. The monoisotopic (exact) mass is 451 g/mol. The number of benzene rings is 2. The third kappa shape index (κ3) is 4.87. The van der Waals surface area contributed by atoms with Gasteiger partial charge in [-0.05, 0) is 30.7 Å². The molecule has 0 aliphatic heterocycles. The van der Waals surface area contributed by atoms with Gasteiger partial charge in [0.05, 0.1) is 4.92 Å². The number of carbonyl (C=O) groups is 1. The third-order valence-electron chi connectivity index (χ3n) is 3.98. The number of thioether (sulfide) groups is 1. The molecule has 1 heterocycles. The highest BCUT2D eigenvalue weighted by molar-refractivity contribution is 7.98. The second-order valence-electron chi connectivity index (χ2n) is 5.81. The van der Waals surface area contributed by atoms with E-state index < -0.39 is 10.8 Å². The SMILES string of the molecule is CCn1c(NC(=O)c2ccc(Cl)c([N+](=O)[O-])c2)nnc1SCc1ccccc1Cl. The van der Waals surface area contributed by atoms with Gasteiger partial charge in [-0.25, -0.2) is 0 Å². The van der Waals surface area contributed by atoms with Crippen LogP contribution in [0.1, 0.15) is 22.8 Å². The molecule has 29 heavy (non-hydrogen) atoms. The van der Waals surface area contributed by atoms with Crippen LogP contribution in [0, 0.1) is 10.1 Å². The first-order chi connectivity index (χ1) is 13.9. The maximum Gasteiger partial charge on any atom is 0.288 e. The Balaban J connectivity index is 1.76. The first-order valence-corrected chi connectivity index (χ1v) is 10.2. The number of nitrogens with one attached hydrogen (secondary N) is 1. The second-order valence-corrected chi connectivity index (χ2v) is 7.56. The summed E-state index contributed by atoms with van der Waals surface area (Å²) in [6.07, 6.45) is 0. The third-order valence-corrected chi connectivity index (χ3v) is 5.68. The first-order valence-electron chi connectivity index (χ1n) is 8.45. The van der Waals surface area contributed by atoms with Gasteiger partial charge in [-0.15, -0.1) is 10.2 Å². The van der Waals surface area contributed by atoms with E-state index in [1.165, 1.54) is 23.9 Å². The van der Waals surface area contributed by atoms with Crippen LogP contribution in [0.4, 0.5) is 11.6 Å². The number of hydrogen-bond acceptors (Lipinski definition) is 6. The lowest BCUT2D eigenvalue weighted by atomic mass is 10.2. The number of nitro groups is 1. The molecule has 0 saturated carbocycles. The standard InChI is InChI=1S/C18H15Cl2N5O3S/c1-2-24-17(21-16(26)11-7-8-14(20)15(9-11)25(27)28)22-23-18(24)29-10-12-5-3-4-6-13(12)19/h3-9H,2,10H2,1H3,(H,21,22,26). The van der Waals surface area contributed by atoms with Crippen LogP contribution in [0.25, 0.3) is 0 Å². The van der Waals surface area contributed by atoms with Gasteiger partial charge < -0.3 is 0 Å². The Kier molecular flexibility index (Phi) is 6.73. The fraction of sp³-hybridized carbons (Fsp3) is 0.167. The molecule has 150 valence electrons. The van der Waals surface area contributed by atoms with E-state index in [2.05, 4.69) is 15.5 Å². The van der Waals surface area contributed by atoms with E-state index in [1.54, 1.807) is 4.57 Å². The van der Waals surface area contributed by atoms with Crippen LogP contribution in [0.2, 0.25) is 10.0 Å². The van der Waals surface area contributed by atoms with Gasteiger partial charge in [-0.2, -0.15) is 0 Å². The van der Waals surface area contributed by atoms with Crippen LogP contribution in [0.15, 0.2) is 47.6 Å². The number of rotatable bonds is 7. The van der Waals surface area contributed by atoms with Crippen molar-refractivity contribution in [1.82, 2.24) is 14.8 Å². The number of nitrogens with zero attached hydrogens (tertiary/aromatic N) is 4. The Hall–Kier alpha value is -2.62. The Morgan fingerprint density at radius 2 is 1.97 bits per heavy atom. The lowest BCUT2D eigenvalue weighted by Crippen LogP contribution is -2.16. The number of nitro benzene ring substituents is 1. The van der Waals surface area contributed by atoms with E-state index in [0.717, 1.165) is 11.6 Å². The normalized spacial score (nSPS) is 10.7. The van der Waals surface area contributed by atoms with E-state index in [0.29, 0.717) is 22.5 Å². The Morgan fingerprint density at radius 1 is 1.21 bits per heavy atom. The van der Waals surface area contributed by atoms with Crippen molar-refractivity contribution in [2.75, 3.05) is 5.32 Å². The number of amides is 1. The Labute approximate surface area is 180 Å². The number of carbonyl (C=O) groups excluding carboxylic acids is 1. The minimum atomic E-state index is -0.642. The van der Waals surface area contributed by atoms with Gasteiger partial charge >= 0.3 is 0 Å². The van der Waals surface area contributed by atoms with Crippen LogP contribution in [0.5, 0.6) is 0 Å². The zero-order valence-corrected chi connectivity index (χ0v) is 17.5. The molecule has 0 radical (unpaired) electrons. The van der Waals surface area contributed by atoms with Crippen molar-refractivity contribution in [3.63, 3.8) is 0 Å². The molecule has 0 unspecified atom stereocenters. The first kappa shape index (κ1) is 21.1. The molecule has 1 N–H and O–H groups in total. The van der Waals surface area contributed by atoms with Gasteiger partial charge in [-0.1, -0.05) is 53.2 Å². The molecule has 8 nitrogen and oxygen atoms in total. The highest BCUT2D eigenvalue weighted by Crippen LogP contribution is 2.28. The van der Waals surface area contributed by atoms with Crippen molar-refractivity contribution in [1.29, 1.82) is 0 Å². The van der Waals surface area contributed by atoms with Gasteiger partial charge in [0.15, 0.2) is 5.16 Å². The van der Waals surface area contributed by atoms with Crippen molar-refractivity contribution >= 4 is 52.5 Å². The molecule has 0 atom stereocenters. The van der Waals surface area contributed by atoms with E-state index in [1.807, 2.05) is 31.2 Å². The minimum Gasteiger partial charge on any atom is -0.290 e. The number of hydrogen-bond donors (Lipinski definition) is 1. The summed E-state index contributed by atoms with van der Waals surface area (Å²) in [5.74, 6) is 0.293. The van der Waals surface area contributed by atoms with Gasteiger partial charge in [0.25, 0.3) is 11.6 Å². The maximum atomic E-state index is 12.5. The molecule has 0 aliphatic rings. The van der Waals surface area contributed by atoms with E-state index in [4.69, 9.17) is 23.2 Å². The summed E-state index contributed by atoms with van der Waals surface area (Å²) < 4.78 is 1.74. The summed E-state index contributed by atoms with van der Waals surface area (Å²) in [6, 6.07) is 11.4. The summed E-state index contributed by atoms with van der Waals surface area (Å²) in [6.45, 7) is 2.42. The lowest BCUT2D eigenvalue weighted by molar-refractivity contribution is -0.384.